The van der Waals surface area contributed by atoms with E-state index >= 15 is 0 Å². The SMILES string of the molecule is CN(CC1CC2CCC1C2)c1cc(Cl)nc2ncnn12. The molecule has 3 atom stereocenters. The number of hydrogen-bond donors (Lipinski definition) is 0. The number of halogens is 1. The lowest BCUT2D eigenvalue weighted by Gasteiger charge is -2.28. The van der Waals surface area contributed by atoms with Crippen LogP contribution in [0.2, 0.25) is 5.15 Å². The highest BCUT2D eigenvalue weighted by atomic mass is 35.5. The second-order valence-electron chi connectivity index (χ2n) is 6.22. The van der Waals surface area contributed by atoms with Crippen molar-refractivity contribution in [3.63, 3.8) is 0 Å². The molecule has 2 bridgehead atoms. The van der Waals surface area contributed by atoms with Gasteiger partial charge in [0.1, 0.15) is 17.3 Å². The molecule has 3 unspecified atom stereocenters. The van der Waals surface area contributed by atoms with Crippen LogP contribution in [0.15, 0.2) is 12.4 Å². The van der Waals surface area contributed by atoms with Gasteiger partial charge in [0, 0.05) is 19.7 Å². The molecule has 2 saturated carbocycles. The number of hydrogen-bond acceptors (Lipinski definition) is 4. The molecule has 2 aliphatic carbocycles. The fourth-order valence-electron chi connectivity index (χ4n) is 4.09. The summed E-state index contributed by atoms with van der Waals surface area (Å²) >= 11 is 6.09. The first-order valence-electron chi connectivity index (χ1n) is 7.28. The van der Waals surface area contributed by atoms with E-state index in [-0.39, 0.29) is 0 Å². The number of fused-ring (bicyclic) bond motifs is 3. The molecule has 2 aromatic heterocycles. The Morgan fingerprint density at radius 2 is 2.30 bits per heavy atom. The molecule has 106 valence electrons. The van der Waals surface area contributed by atoms with Crippen LogP contribution < -0.4 is 4.90 Å². The Labute approximate surface area is 123 Å². The quantitative estimate of drug-likeness (QED) is 0.816. The van der Waals surface area contributed by atoms with Crippen molar-refractivity contribution >= 4 is 23.2 Å². The summed E-state index contributed by atoms with van der Waals surface area (Å²) in [5.41, 5.74) is 0. The van der Waals surface area contributed by atoms with Gasteiger partial charge in [0.15, 0.2) is 0 Å². The van der Waals surface area contributed by atoms with Crippen LogP contribution in [-0.2, 0) is 0 Å². The minimum absolute atomic E-state index is 0.472. The van der Waals surface area contributed by atoms with Crippen LogP contribution in [0.4, 0.5) is 5.82 Å². The van der Waals surface area contributed by atoms with Crippen molar-refractivity contribution in [1.82, 2.24) is 19.6 Å². The molecule has 2 aromatic rings. The van der Waals surface area contributed by atoms with Crippen LogP contribution in [0.3, 0.4) is 0 Å². The predicted molar refractivity (Wildman–Crippen MR) is 78.0 cm³/mol. The highest BCUT2D eigenvalue weighted by Gasteiger charge is 2.39. The van der Waals surface area contributed by atoms with Gasteiger partial charge in [-0.05, 0) is 37.0 Å². The standard InChI is InChI=1S/C14H18ClN5/c1-19(7-11-5-9-2-3-10(11)4-9)13-6-12(15)18-14-16-8-17-20(13)14/h6,8-11H,2-5,7H2,1H3. The molecule has 5 nitrogen and oxygen atoms in total. The maximum atomic E-state index is 6.09. The van der Waals surface area contributed by atoms with Crippen LogP contribution in [0.1, 0.15) is 25.7 Å². The molecule has 0 aliphatic heterocycles. The lowest BCUT2D eigenvalue weighted by atomic mass is 9.88. The van der Waals surface area contributed by atoms with Crippen molar-refractivity contribution in [1.29, 1.82) is 0 Å². The summed E-state index contributed by atoms with van der Waals surface area (Å²) < 4.78 is 1.76. The summed E-state index contributed by atoms with van der Waals surface area (Å²) in [5, 5.41) is 4.72. The number of anilines is 1. The second-order valence-corrected chi connectivity index (χ2v) is 6.61. The molecule has 0 amide bonds. The van der Waals surface area contributed by atoms with E-state index in [1.165, 1.54) is 32.0 Å². The topological polar surface area (TPSA) is 46.3 Å². The molecule has 0 N–H and O–H groups in total. The van der Waals surface area contributed by atoms with Gasteiger partial charge in [-0.2, -0.15) is 19.6 Å². The summed E-state index contributed by atoms with van der Waals surface area (Å²) in [6, 6.07) is 1.87. The van der Waals surface area contributed by atoms with E-state index in [4.69, 9.17) is 11.6 Å². The summed E-state index contributed by atoms with van der Waals surface area (Å²) in [7, 11) is 2.11. The Bertz CT molecular complexity index is 640. The van der Waals surface area contributed by atoms with Crippen molar-refractivity contribution in [2.75, 3.05) is 18.5 Å². The van der Waals surface area contributed by atoms with Crippen LogP contribution in [0.25, 0.3) is 5.78 Å². The summed E-state index contributed by atoms with van der Waals surface area (Å²) in [4.78, 5) is 10.5. The van der Waals surface area contributed by atoms with Crippen molar-refractivity contribution in [2.45, 2.75) is 25.7 Å². The Kier molecular flexibility index (Phi) is 2.84. The van der Waals surface area contributed by atoms with Crippen LogP contribution in [0.5, 0.6) is 0 Å². The largest absolute Gasteiger partial charge is 0.359 e. The normalized spacial score (nSPS) is 28.4. The fourth-order valence-corrected chi connectivity index (χ4v) is 4.26. The van der Waals surface area contributed by atoms with Gasteiger partial charge in [-0.1, -0.05) is 18.0 Å². The zero-order chi connectivity index (χ0) is 13.7. The highest BCUT2D eigenvalue weighted by molar-refractivity contribution is 6.29. The van der Waals surface area contributed by atoms with E-state index in [1.807, 2.05) is 6.07 Å². The van der Waals surface area contributed by atoms with Gasteiger partial charge >= 0.3 is 0 Å². The summed E-state index contributed by atoms with van der Waals surface area (Å²) in [6.45, 7) is 1.07. The summed E-state index contributed by atoms with van der Waals surface area (Å²) in [6.07, 6.45) is 7.20. The van der Waals surface area contributed by atoms with Crippen molar-refractivity contribution in [2.24, 2.45) is 17.8 Å². The van der Waals surface area contributed by atoms with Crippen molar-refractivity contribution in [3.05, 3.63) is 17.5 Å². The van der Waals surface area contributed by atoms with E-state index in [0.717, 1.165) is 30.1 Å². The summed E-state index contributed by atoms with van der Waals surface area (Å²) in [5.74, 6) is 4.24. The van der Waals surface area contributed by atoms with Gasteiger partial charge in [-0.15, -0.1) is 0 Å². The van der Waals surface area contributed by atoms with Gasteiger partial charge in [0.05, 0.1) is 0 Å². The van der Waals surface area contributed by atoms with E-state index < -0.39 is 0 Å². The Morgan fingerprint density at radius 3 is 3.05 bits per heavy atom. The molecule has 4 rings (SSSR count). The Hall–Kier alpha value is -1.36. The highest BCUT2D eigenvalue weighted by Crippen LogP contribution is 2.48. The molecular weight excluding hydrogens is 274 g/mol. The molecular formula is C14H18ClN5. The number of nitrogens with zero attached hydrogens (tertiary/aromatic N) is 5. The molecule has 0 radical (unpaired) electrons. The lowest BCUT2D eigenvalue weighted by molar-refractivity contribution is 0.336. The molecule has 20 heavy (non-hydrogen) atoms. The fraction of sp³-hybridized carbons (Fsp3) is 0.643. The molecule has 2 fully saturated rings. The molecule has 2 heterocycles. The van der Waals surface area contributed by atoms with E-state index in [9.17, 15) is 0 Å². The third-order valence-electron chi connectivity index (χ3n) is 4.99. The van der Waals surface area contributed by atoms with Gasteiger partial charge in [-0.25, -0.2) is 0 Å². The van der Waals surface area contributed by atoms with Crippen LogP contribution >= 0.6 is 11.6 Å². The first-order chi connectivity index (χ1) is 9.70. The minimum atomic E-state index is 0.472. The average Bonchev–Trinajstić information content (AvgIpc) is 3.12. The van der Waals surface area contributed by atoms with Gasteiger partial charge in [0.2, 0.25) is 0 Å². The molecule has 0 saturated heterocycles. The number of rotatable bonds is 3. The molecule has 0 spiro atoms. The minimum Gasteiger partial charge on any atom is -0.359 e. The second kappa shape index (κ2) is 4.58. The first-order valence-corrected chi connectivity index (χ1v) is 7.66. The van der Waals surface area contributed by atoms with Gasteiger partial charge in [0.25, 0.3) is 5.78 Å². The van der Waals surface area contributed by atoms with Crippen molar-refractivity contribution in [3.8, 4) is 0 Å². The Balaban J connectivity index is 1.60. The molecule has 0 aromatic carbocycles. The number of aromatic nitrogens is 4. The molecule has 2 aliphatic rings. The van der Waals surface area contributed by atoms with Gasteiger partial charge in [-0.3, -0.25) is 0 Å². The zero-order valence-corrected chi connectivity index (χ0v) is 12.3. The van der Waals surface area contributed by atoms with E-state index in [1.54, 1.807) is 4.52 Å². The Morgan fingerprint density at radius 1 is 1.40 bits per heavy atom. The van der Waals surface area contributed by atoms with Crippen LogP contribution in [-0.4, -0.2) is 33.2 Å². The smallest absolute Gasteiger partial charge is 0.255 e. The maximum absolute atomic E-state index is 6.09. The van der Waals surface area contributed by atoms with E-state index in [0.29, 0.717) is 10.9 Å². The lowest BCUT2D eigenvalue weighted by Crippen LogP contribution is -2.30. The zero-order valence-electron chi connectivity index (χ0n) is 11.5. The van der Waals surface area contributed by atoms with Gasteiger partial charge < -0.3 is 4.90 Å². The third-order valence-corrected chi connectivity index (χ3v) is 5.18. The predicted octanol–water partition coefficient (Wildman–Crippen LogP) is 2.65. The average molecular weight is 292 g/mol. The molecule has 6 heteroatoms. The maximum Gasteiger partial charge on any atom is 0.255 e. The van der Waals surface area contributed by atoms with E-state index in [2.05, 4.69) is 27.0 Å². The van der Waals surface area contributed by atoms with Crippen molar-refractivity contribution < 1.29 is 0 Å². The van der Waals surface area contributed by atoms with Crippen LogP contribution in [0, 0.1) is 17.8 Å². The third kappa shape index (κ3) is 1.95. The monoisotopic (exact) mass is 291 g/mol. The first kappa shape index (κ1) is 12.4.